The summed E-state index contributed by atoms with van der Waals surface area (Å²) >= 11 is 5.65. The Bertz CT molecular complexity index is 423. The maximum atomic E-state index is 13.3. The zero-order chi connectivity index (χ0) is 9.97. The molecule has 0 saturated carbocycles. The average Bonchev–Trinajstić information content (AvgIpc) is 2.62. The molecule has 0 saturated heterocycles. The van der Waals surface area contributed by atoms with Gasteiger partial charge in [0, 0.05) is 29.5 Å². The number of halogens is 2. The Labute approximate surface area is 86.7 Å². The van der Waals surface area contributed by atoms with Gasteiger partial charge in [0.05, 0.1) is 0 Å². The molecule has 1 aromatic heterocycles. The van der Waals surface area contributed by atoms with Crippen LogP contribution in [0.15, 0.2) is 42.7 Å². The first-order valence-corrected chi connectivity index (χ1v) is 4.68. The summed E-state index contributed by atoms with van der Waals surface area (Å²) in [4.78, 5) is 0. The van der Waals surface area contributed by atoms with Gasteiger partial charge in [-0.3, -0.25) is 0 Å². The highest BCUT2D eigenvalue weighted by Gasteiger charge is 2.02. The van der Waals surface area contributed by atoms with Gasteiger partial charge in [0.1, 0.15) is 5.82 Å². The molecule has 1 aromatic carbocycles. The molecule has 0 fully saturated rings. The Hall–Kier alpha value is -1.28. The number of hydrogen-bond acceptors (Lipinski definition) is 0. The molecule has 14 heavy (non-hydrogen) atoms. The van der Waals surface area contributed by atoms with Gasteiger partial charge in [0.25, 0.3) is 0 Å². The third kappa shape index (κ3) is 1.96. The smallest absolute Gasteiger partial charge is 0.129 e. The van der Waals surface area contributed by atoms with Crippen LogP contribution in [0.3, 0.4) is 0 Å². The predicted molar refractivity (Wildman–Crippen MR) is 54.9 cm³/mol. The standard InChI is InChI=1S/C11H9ClFN/c12-10-4-3-9(11(13)7-10)8-14-5-1-2-6-14/h1-7H,8H2. The summed E-state index contributed by atoms with van der Waals surface area (Å²) in [5.41, 5.74) is 0.644. The summed E-state index contributed by atoms with van der Waals surface area (Å²) in [5, 5.41) is 0.429. The second kappa shape index (κ2) is 3.84. The summed E-state index contributed by atoms with van der Waals surface area (Å²) in [6.07, 6.45) is 3.79. The molecule has 0 aliphatic rings. The molecule has 0 aliphatic heterocycles. The number of benzene rings is 1. The van der Waals surface area contributed by atoms with Gasteiger partial charge in [-0.25, -0.2) is 4.39 Å². The molecular formula is C11H9ClFN. The minimum absolute atomic E-state index is 0.258. The SMILES string of the molecule is Fc1cc(Cl)ccc1Cn1cccc1. The van der Waals surface area contributed by atoms with Crippen molar-refractivity contribution in [1.29, 1.82) is 0 Å². The molecule has 0 amide bonds. The van der Waals surface area contributed by atoms with E-state index in [0.29, 0.717) is 17.1 Å². The zero-order valence-electron chi connectivity index (χ0n) is 7.45. The third-order valence-electron chi connectivity index (χ3n) is 2.03. The highest BCUT2D eigenvalue weighted by atomic mass is 35.5. The Morgan fingerprint density at radius 1 is 1.21 bits per heavy atom. The van der Waals surface area contributed by atoms with E-state index in [0.717, 1.165) is 0 Å². The van der Waals surface area contributed by atoms with Crippen LogP contribution in [-0.4, -0.2) is 4.57 Å². The molecule has 0 radical (unpaired) electrons. The van der Waals surface area contributed by atoms with Crippen molar-refractivity contribution in [2.75, 3.05) is 0 Å². The molecule has 2 aromatic rings. The van der Waals surface area contributed by atoms with Crippen LogP contribution in [0.5, 0.6) is 0 Å². The van der Waals surface area contributed by atoms with Crippen molar-refractivity contribution in [1.82, 2.24) is 4.57 Å². The van der Waals surface area contributed by atoms with Crippen LogP contribution in [0.25, 0.3) is 0 Å². The monoisotopic (exact) mass is 209 g/mol. The highest BCUT2D eigenvalue weighted by Crippen LogP contribution is 2.15. The lowest BCUT2D eigenvalue weighted by atomic mass is 10.2. The summed E-state index contributed by atoms with van der Waals surface area (Å²) in [6, 6.07) is 8.56. The molecule has 1 heterocycles. The van der Waals surface area contributed by atoms with Crippen molar-refractivity contribution < 1.29 is 4.39 Å². The molecule has 0 atom stereocenters. The van der Waals surface area contributed by atoms with Gasteiger partial charge in [-0.1, -0.05) is 17.7 Å². The lowest BCUT2D eigenvalue weighted by Gasteiger charge is -2.04. The second-order valence-corrected chi connectivity index (χ2v) is 3.53. The van der Waals surface area contributed by atoms with Crippen molar-refractivity contribution in [2.45, 2.75) is 6.54 Å². The van der Waals surface area contributed by atoms with Crippen LogP contribution in [-0.2, 0) is 6.54 Å². The summed E-state index contributed by atoms with van der Waals surface area (Å²) in [6.45, 7) is 0.538. The van der Waals surface area contributed by atoms with E-state index >= 15 is 0 Å². The molecule has 0 bridgehead atoms. The van der Waals surface area contributed by atoms with Crippen LogP contribution in [0.2, 0.25) is 5.02 Å². The van der Waals surface area contributed by atoms with E-state index in [1.165, 1.54) is 6.07 Å². The molecule has 0 unspecified atom stereocenters. The average molecular weight is 210 g/mol. The van der Waals surface area contributed by atoms with E-state index in [-0.39, 0.29) is 5.82 Å². The molecule has 3 heteroatoms. The van der Waals surface area contributed by atoms with Crippen LogP contribution >= 0.6 is 11.6 Å². The first kappa shape index (κ1) is 9.28. The van der Waals surface area contributed by atoms with Crippen molar-refractivity contribution in [2.24, 2.45) is 0 Å². The topological polar surface area (TPSA) is 4.93 Å². The van der Waals surface area contributed by atoms with E-state index in [2.05, 4.69) is 0 Å². The Kier molecular flexibility index (Phi) is 2.55. The van der Waals surface area contributed by atoms with Gasteiger partial charge in [-0.15, -0.1) is 0 Å². The van der Waals surface area contributed by atoms with E-state index in [9.17, 15) is 4.39 Å². The fraction of sp³-hybridized carbons (Fsp3) is 0.0909. The number of rotatable bonds is 2. The molecule has 0 aliphatic carbocycles. The van der Waals surface area contributed by atoms with Gasteiger partial charge in [0.15, 0.2) is 0 Å². The van der Waals surface area contributed by atoms with Crippen LogP contribution < -0.4 is 0 Å². The molecule has 2 rings (SSSR count). The largest absolute Gasteiger partial charge is 0.350 e. The molecule has 1 nitrogen and oxygen atoms in total. The summed E-state index contributed by atoms with van der Waals surface area (Å²) < 4.78 is 15.3. The fourth-order valence-electron chi connectivity index (χ4n) is 1.32. The maximum absolute atomic E-state index is 13.3. The van der Waals surface area contributed by atoms with Gasteiger partial charge >= 0.3 is 0 Å². The quantitative estimate of drug-likeness (QED) is 0.715. The molecule has 0 N–H and O–H groups in total. The highest BCUT2D eigenvalue weighted by molar-refractivity contribution is 6.30. The first-order chi connectivity index (χ1) is 6.75. The molecular weight excluding hydrogens is 201 g/mol. The summed E-state index contributed by atoms with van der Waals surface area (Å²) in [5.74, 6) is -0.258. The number of hydrogen-bond donors (Lipinski definition) is 0. The summed E-state index contributed by atoms with van der Waals surface area (Å²) in [7, 11) is 0. The van der Waals surface area contributed by atoms with Crippen LogP contribution in [0.1, 0.15) is 5.56 Å². The van der Waals surface area contributed by atoms with E-state index in [1.807, 2.05) is 29.1 Å². The Balaban J connectivity index is 2.25. The fourth-order valence-corrected chi connectivity index (χ4v) is 1.48. The van der Waals surface area contributed by atoms with Crippen molar-refractivity contribution in [3.8, 4) is 0 Å². The van der Waals surface area contributed by atoms with Gasteiger partial charge < -0.3 is 4.57 Å². The Morgan fingerprint density at radius 3 is 2.57 bits per heavy atom. The van der Waals surface area contributed by atoms with E-state index < -0.39 is 0 Å². The minimum atomic E-state index is -0.258. The van der Waals surface area contributed by atoms with Crippen molar-refractivity contribution >= 4 is 11.6 Å². The van der Waals surface area contributed by atoms with Crippen LogP contribution in [0, 0.1) is 5.82 Å². The maximum Gasteiger partial charge on any atom is 0.129 e. The van der Waals surface area contributed by atoms with Gasteiger partial charge in [0.2, 0.25) is 0 Å². The minimum Gasteiger partial charge on any atom is -0.350 e. The van der Waals surface area contributed by atoms with E-state index in [1.54, 1.807) is 12.1 Å². The number of aromatic nitrogens is 1. The zero-order valence-corrected chi connectivity index (χ0v) is 8.21. The first-order valence-electron chi connectivity index (χ1n) is 4.30. The van der Waals surface area contributed by atoms with Crippen LogP contribution in [0.4, 0.5) is 4.39 Å². The van der Waals surface area contributed by atoms with Gasteiger partial charge in [-0.2, -0.15) is 0 Å². The molecule has 0 spiro atoms. The van der Waals surface area contributed by atoms with Gasteiger partial charge in [-0.05, 0) is 24.3 Å². The predicted octanol–water partition coefficient (Wildman–Crippen LogP) is 3.33. The lowest BCUT2D eigenvalue weighted by molar-refractivity contribution is 0.600. The van der Waals surface area contributed by atoms with E-state index in [4.69, 9.17) is 11.6 Å². The Morgan fingerprint density at radius 2 is 1.93 bits per heavy atom. The number of nitrogens with zero attached hydrogens (tertiary/aromatic N) is 1. The second-order valence-electron chi connectivity index (χ2n) is 3.09. The van der Waals surface area contributed by atoms with Crippen molar-refractivity contribution in [3.05, 3.63) is 59.1 Å². The van der Waals surface area contributed by atoms with Crippen molar-refractivity contribution in [3.63, 3.8) is 0 Å². The normalized spacial score (nSPS) is 10.4. The lowest BCUT2D eigenvalue weighted by Crippen LogP contribution is -1.98. The molecule has 72 valence electrons. The third-order valence-corrected chi connectivity index (χ3v) is 2.27.